The molecule has 1 aromatic heterocycles. The highest BCUT2D eigenvalue weighted by atomic mass is 16.6. The molecule has 116 valence electrons. The van der Waals surface area contributed by atoms with Crippen molar-refractivity contribution in [3.63, 3.8) is 0 Å². The first-order valence-electron chi connectivity index (χ1n) is 7.00. The minimum atomic E-state index is -0.553. The van der Waals surface area contributed by atoms with Crippen LogP contribution in [-0.2, 0) is 4.74 Å². The van der Waals surface area contributed by atoms with Crippen LogP contribution in [0.4, 0.5) is 16.3 Å². The first kappa shape index (κ1) is 15.8. The second-order valence-corrected chi connectivity index (χ2v) is 6.09. The van der Waals surface area contributed by atoms with E-state index in [0.717, 1.165) is 16.5 Å². The van der Waals surface area contributed by atoms with Crippen LogP contribution in [0.3, 0.4) is 0 Å². The van der Waals surface area contributed by atoms with Gasteiger partial charge in [-0.25, -0.2) is 9.78 Å². The van der Waals surface area contributed by atoms with Crippen LogP contribution in [0.2, 0.25) is 0 Å². The SMILES string of the molecule is C=Cc1cc(N)cc2ccc(N(C)C(=O)OC(C)(C)C)nc12. The minimum absolute atomic E-state index is 0.449. The molecule has 0 aliphatic rings. The highest BCUT2D eigenvalue weighted by Gasteiger charge is 2.21. The number of amides is 1. The summed E-state index contributed by atoms with van der Waals surface area (Å²) in [5.74, 6) is 0.509. The molecule has 5 heteroatoms. The van der Waals surface area contributed by atoms with E-state index in [-0.39, 0.29) is 0 Å². The van der Waals surface area contributed by atoms with Crippen molar-refractivity contribution in [2.45, 2.75) is 26.4 Å². The fraction of sp³-hybridized carbons (Fsp3) is 0.294. The van der Waals surface area contributed by atoms with Gasteiger partial charge in [0.2, 0.25) is 0 Å². The van der Waals surface area contributed by atoms with Crippen LogP contribution in [0, 0.1) is 0 Å². The van der Waals surface area contributed by atoms with E-state index in [1.165, 1.54) is 4.90 Å². The van der Waals surface area contributed by atoms with Gasteiger partial charge in [-0.05, 0) is 45.0 Å². The van der Waals surface area contributed by atoms with Gasteiger partial charge in [-0.1, -0.05) is 12.7 Å². The Balaban J connectivity index is 2.42. The number of hydrogen-bond donors (Lipinski definition) is 1. The fourth-order valence-electron chi connectivity index (χ4n) is 2.04. The Kier molecular flexibility index (Phi) is 4.08. The molecule has 2 N–H and O–H groups in total. The number of nitrogens with zero attached hydrogens (tertiary/aromatic N) is 2. The Morgan fingerprint density at radius 3 is 2.64 bits per heavy atom. The molecular weight excluding hydrogens is 278 g/mol. The number of nitrogens with two attached hydrogens (primary N) is 1. The molecule has 0 fully saturated rings. The zero-order valence-corrected chi connectivity index (χ0v) is 13.4. The molecule has 1 aromatic carbocycles. The second kappa shape index (κ2) is 5.67. The summed E-state index contributed by atoms with van der Waals surface area (Å²) in [5, 5.41) is 0.899. The number of nitrogen functional groups attached to an aromatic ring is 1. The summed E-state index contributed by atoms with van der Waals surface area (Å²) in [6, 6.07) is 7.28. The number of fused-ring (bicyclic) bond motifs is 1. The summed E-state index contributed by atoms with van der Waals surface area (Å²) in [6.45, 7) is 9.25. The van der Waals surface area contributed by atoms with E-state index in [0.29, 0.717) is 11.5 Å². The lowest BCUT2D eigenvalue weighted by atomic mass is 10.1. The number of hydrogen-bond acceptors (Lipinski definition) is 4. The van der Waals surface area contributed by atoms with Gasteiger partial charge in [0, 0.05) is 23.7 Å². The number of carbonyl (C=O) groups is 1. The van der Waals surface area contributed by atoms with Gasteiger partial charge in [0.25, 0.3) is 0 Å². The molecule has 22 heavy (non-hydrogen) atoms. The molecule has 0 saturated heterocycles. The second-order valence-electron chi connectivity index (χ2n) is 6.09. The van der Waals surface area contributed by atoms with E-state index in [4.69, 9.17) is 10.5 Å². The quantitative estimate of drug-likeness (QED) is 0.856. The summed E-state index contributed by atoms with van der Waals surface area (Å²) < 4.78 is 5.35. The molecule has 0 spiro atoms. The van der Waals surface area contributed by atoms with Crippen molar-refractivity contribution >= 4 is 34.6 Å². The van der Waals surface area contributed by atoms with Crippen LogP contribution in [0.25, 0.3) is 17.0 Å². The first-order chi connectivity index (χ1) is 10.2. The highest BCUT2D eigenvalue weighted by molar-refractivity contribution is 5.93. The van der Waals surface area contributed by atoms with Crippen molar-refractivity contribution in [3.05, 3.63) is 36.4 Å². The van der Waals surface area contributed by atoms with Gasteiger partial charge in [-0.15, -0.1) is 0 Å². The Hall–Kier alpha value is -2.56. The van der Waals surface area contributed by atoms with Crippen molar-refractivity contribution in [2.75, 3.05) is 17.7 Å². The number of aromatic nitrogens is 1. The maximum absolute atomic E-state index is 12.1. The van der Waals surface area contributed by atoms with E-state index in [9.17, 15) is 4.79 Å². The molecule has 5 nitrogen and oxygen atoms in total. The zero-order valence-electron chi connectivity index (χ0n) is 13.4. The molecule has 1 amide bonds. The molecular formula is C17H21N3O2. The molecule has 0 radical (unpaired) electrons. The van der Waals surface area contributed by atoms with Gasteiger partial charge in [0.1, 0.15) is 11.4 Å². The fourth-order valence-corrected chi connectivity index (χ4v) is 2.04. The maximum atomic E-state index is 12.1. The van der Waals surface area contributed by atoms with Crippen molar-refractivity contribution in [1.82, 2.24) is 4.98 Å². The zero-order chi connectivity index (χ0) is 16.5. The van der Waals surface area contributed by atoms with E-state index >= 15 is 0 Å². The molecule has 2 rings (SSSR count). The number of pyridine rings is 1. The van der Waals surface area contributed by atoms with E-state index in [1.54, 1.807) is 25.3 Å². The number of anilines is 2. The average Bonchev–Trinajstić information content (AvgIpc) is 2.43. The average molecular weight is 299 g/mol. The summed E-state index contributed by atoms with van der Waals surface area (Å²) >= 11 is 0. The third-order valence-electron chi connectivity index (χ3n) is 3.06. The van der Waals surface area contributed by atoms with Gasteiger partial charge >= 0.3 is 6.09 Å². The van der Waals surface area contributed by atoms with Crippen LogP contribution >= 0.6 is 0 Å². The molecule has 0 unspecified atom stereocenters. The standard InChI is InChI=1S/C17H21N3O2/c1-6-11-9-13(18)10-12-7-8-14(19-15(11)12)20(5)16(21)22-17(2,3)4/h6-10H,1,18H2,2-5H3. The Bertz CT molecular complexity index is 732. The topological polar surface area (TPSA) is 68.5 Å². The maximum Gasteiger partial charge on any atom is 0.415 e. The minimum Gasteiger partial charge on any atom is -0.443 e. The van der Waals surface area contributed by atoms with Crippen LogP contribution < -0.4 is 10.6 Å². The van der Waals surface area contributed by atoms with Crippen molar-refractivity contribution in [3.8, 4) is 0 Å². The van der Waals surface area contributed by atoms with Gasteiger partial charge in [-0.3, -0.25) is 4.90 Å². The van der Waals surface area contributed by atoms with Crippen molar-refractivity contribution in [1.29, 1.82) is 0 Å². The summed E-state index contributed by atoms with van der Waals surface area (Å²) in [5.41, 5.74) is 7.53. The first-order valence-corrected chi connectivity index (χ1v) is 7.00. The Labute approximate surface area is 130 Å². The third kappa shape index (κ3) is 3.36. The predicted octanol–water partition coefficient (Wildman–Crippen LogP) is 3.83. The van der Waals surface area contributed by atoms with Gasteiger partial charge < -0.3 is 10.5 Å². The van der Waals surface area contributed by atoms with E-state index in [1.807, 2.05) is 32.9 Å². The van der Waals surface area contributed by atoms with Gasteiger partial charge in [0.15, 0.2) is 0 Å². The molecule has 1 heterocycles. The molecule has 0 bridgehead atoms. The van der Waals surface area contributed by atoms with Crippen LogP contribution in [0.5, 0.6) is 0 Å². The summed E-state index contributed by atoms with van der Waals surface area (Å²) in [4.78, 5) is 18.0. The van der Waals surface area contributed by atoms with Crippen LogP contribution in [0.15, 0.2) is 30.8 Å². The molecule has 2 aromatic rings. The van der Waals surface area contributed by atoms with E-state index in [2.05, 4.69) is 11.6 Å². The summed E-state index contributed by atoms with van der Waals surface area (Å²) in [6.07, 6.45) is 1.25. The molecule has 0 atom stereocenters. The number of carbonyl (C=O) groups excluding carboxylic acids is 1. The summed E-state index contributed by atoms with van der Waals surface area (Å²) in [7, 11) is 1.63. The lowest BCUT2D eigenvalue weighted by Gasteiger charge is -2.24. The predicted molar refractivity (Wildman–Crippen MR) is 90.9 cm³/mol. The normalized spacial score (nSPS) is 11.3. The lowest BCUT2D eigenvalue weighted by Crippen LogP contribution is -2.34. The number of benzene rings is 1. The number of ether oxygens (including phenoxy) is 1. The largest absolute Gasteiger partial charge is 0.443 e. The Morgan fingerprint density at radius 1 is 1.36 bits per heavy atom. The molecule has 0 aliphatic heterocycles. The van der Waals surface area contributed by atoms with Crippen LogP contribution in [-0.4, -0.2) is 23.7 Å². The van der Waals surface area contributed by atoms with E-state index < -0.39 is 11.7 Å². The van der Waals surface area contributed by atoms with Gasteiger partial charge in [0.05, 0.1) is 5.52 Å². The monoisotopic (exact) mass is 299 g/mol. The smallest absolute Gasteiger partial charge is 0.415 e. The van der Waals surface area contributed by atoms with Crippen molar-refractivity contribution < 1.29 is 9.53 Å². The Morgan fingerprint density at radius 2 is 2.05 bits per heavy atom. The molecule has 0 saturated carbocycles. The molecule has 0 aliphatic carbocycles. The van der Waals surface area contributed by atoms with Crippen molar-refractivity contribution in [2.24, 2.45) is 0 Å². The van der Waals surface area contributed by atoms with Gasteiger partial charge in [-0.2, -0.15) is 0 Å². The third-order valence-corrected chi connectivity index (χ3v) is 3.06. The van der Waals surface area contributed by atoms with Crippen LogP contribution in [0.1, 0.15) is 26.3 Å². The number of rotatable bonds is 2. The lowest BCUT2D eigenvalue weighted by molar-refractivity contribution is 0.0588. The highest BCUT2D eigenvalue weighted by Crippen LogP contribution is 2.25.